The monoisotopic (exact) mass is 533 g/mol. The van der Waals surface area contributed by atoms with Crippen LogP contribution in [-0.2, 0) is 22.6 Å². The second-order valence-electron chi connectivity index (χ2n) is 9.03. The van der Waals surface area contributed by atoms with Crippen LogP contribution in [-0.4, -0.2) is 40.4 Å². The third kappa shape index (κ3) is 7.91. The van der Waals surface area contributed by atoms with Gasteiger partial charge in [-0.15, -0.1) is 0 Å². The molecule has 0 aliphatic carbocycles. The van der Waals surface area contributed by atoms with Crippen molar-refractivity contribution in [2.24, 2.45) is 5.73 Å². The van der Waals surface area contributed by atoms with Crippen molar-refractivity contribution in [1.82, 2.24) is 14.9 Å². The van der Waals surface area contributed by atoms with Gasteiger partial charge in [0.15, 0.2) is 5.82 Å². The number of hydrogen-bond donors (Lipinski definition) is 5. The van der Waals surface area contributed by atoms with Gasteiger partial charge in [-0.3, -0.25) is 19.6 Å². The molecular weight excluding hydrogens is 498 g/mol. The van der Waals surface area contributed by atoms with E-state index >= 15 is 0 Å². The molecule has 2 aromatic carbocycles. The average molecular weight is 534 g/mol. The van der Waals surface area contributed by atoms with Crippen LogP contribution >= 0.6 is 0 Å². The number of benzene rings is 2. The van der Waals surface area contributed by atoms with Crippen LogP contribution in [0.5, 0.6) is 0 Å². The summed E-state index contributed by atoms with van der Waals surface area (Å²) in [6.45, 7) is 4.73. The predicted octanol–water partition coefficient (Wildman–Crippen LogP) is 2.87. The number of anilines is 2. The molecule has 0 radical (unpaired) electrons. The van der Waals surface area contributed by atoms with Crippen LogP contribution in [0.2, 0.25) is 0 Å². The van der Waals surface area contributed by atoms with Gasteiger partial charge in [-0.1, -0.05) is 44.5 Å². The number of aromatic nitrogens is 2. The maximum atomic E-state index is 13.4. The van der Waals surface area contributed by atoms with Gasteiger partial charge in [0.25, 0.3) is 5.56 Å². The van der Waals surface area contributed by atoms with Crippen LogP contribution in [0.3, 0.4) is 0 Å². The third-order valence-electron chi connectivity index (χ3n) is 5.87. The van der Waals surface area contributed by atoms with Crippen molar-refractivity contribution in [3.63, 3.8) is 0 Å². The number of amides is 1. The first-order chi connectivity index (χ1) is 18.7. The number of nitrogen functional groups attached to an aromatic ring is 2. The molecule has 0 unspecified atom stereocenters. The fourth-order valence-corrected chi connectivity index (χ4v) is 3.75. The Balaban J connectivity index is 1.90. The number of ether oxygens (including phenoxy) is 1. The zero-order chi connectivity index (χ0) is 28.4. The van der Waals surface area contributed by atoms with Gasteiger partial charge in [0.2, 0.25) is 5.91 Å². The zero-order valence-electron chi connectivity index (χ0n) is 22.3. The molecule has 1 aromatic heterocycles. The first kappa shape index (κ1) is 28.9. The Morgan fingerprint density at radius 1 is 1.08 bits per heavy atom. The molecule has 0 saturated carbocycles. The summed E-state index contributed by atoms with van der Waals surface area (Å²) in [4.78, 5) is 43.2. The molecule has 0 atom stereocenters. The van der Waals surface area contributed by atoms with E-state index in [1.165, 1.54) is 16.8 Å². The first-order valence-electron chi connectivity index (χ1n) is 12.8. The van der Waals surface area contributed by atoms with E-state index in [-0.39, 0.29) is 30.3 Å². The molecule has 7 N–H and O–H groups in total. The van der Waals surface area contributed by atoms with Gasteiger partial charge < -0.3 is 26.8 Å². The molecule has 206 valence electrons. The highest BCUT2D eigenvalue weighted by Gasteiger charge is 2.17. The standard InChI is InChI=1S/C28H35N7O4/c1-3-5-11-39-28(38)21-12-20(13-22(29)14-21)23-16-34-26(32-10-4-2)27(37)35(23)17-24(36)33-15-18-6-8-19(9-7-18)25(30)31/h6-9,12-14,16H,3-5,10-11,15,17,29H2,1-2H3,(H3,30,31)(H,32,34)(H,33,36). The van der Waals surface area contributed by atoms with Gasteiger partial charge in [-0.05, 0) is 36.6 Å². The van der Waals surface area contributed by atoms with Crippen LogP contribution in [0.25, 0.3) is 11.3 Å². The third-order valence-corrected chi connectivity index (χ3v) is 5.87. The van der Waals surface area contributed by atoms with Gasteiger partial charge in [0, 0.05) is 29.9 Å². The highest BCUT2D eigenvalue weighted by molar-refractivity contribution is 5.95. The quantitative estimate of drug-likeness (QED) is 0.0731. The maximum Gasteiger partial charge on any atom is 0.338 e. The molecule has 1 heterocycles. The molecule has 3 aromatic rings. The fourth-order valence-electron chi connectivity index (χ4n) is 3.75. The molecule has 0 bridgehead atoms. The second kappa shape index (κ2) is 13.8. The lowest BCUT2D eigenvalue weighted by Gasteiger charge is -2.16. The first-order valence-corrected chi connectivity index (χ1v) is 12.8. The van der Waals surface area contributed by atoms with Crippen LogP contribution in [0.4, 0.5) is 11.5 Å². The number of nitrogens with zero attached hydrogens (tertiary/aromatic N) is 2. The van der Waals surface area contributed by atoms with Crippen molar-refractivity contribution in [2.45, 2.75) is 46.2 Å². The van der Waals surface area contributed by atoms with E-state index in [4.69, 9.17) is 21.6 Å². The minimum Gasteiger partial charge on any atom is -0.462 e. The van der Waals surface area contributed by atoms with E-state index in [2.05, 4.69) is 15.6 Å². The minimum absolute atomic E-state index is 0.0402. The van der Waals surface area contributed by atoms with E-state index in [0.29, 0.717) is 35.7 Å². The summed E-state index contributed by atoms with van der Waals surface area (Å²) < 4.78 is 6.62. The van der Waals surface area contributed by atoms with E-state index in [1.54, 1.807) is 36.4 Å². The topological polar surface area (TPSA) is 178 Å². The summed E-state index contributed by atoms with van der Waals surface area (Å²) in [5.74, 6) is -0.837. The largest absolute Gasteiger partial charge is 0.462 e. The molecule has 1 amide bonds. The number of hydrogen-bond acceptors (Lipinski definition) is 8. The van der Waals surface area contributed by atoms with Gasteiger partial charge in [0.1, 0.15) is 12.4 Å². The summed E-state index contributed by atoms with van der Waals surface area (Å²) >= 11 is 0. The Morgan fingerprint density at radius 2 is 1.82 bits per heavy atom. The average Bonchev–Trinajstić information content (AvgIpc) is 2.92. The molecular formula is C28H35N7O4. The van der Waals surface area contributed by atoms with Crippen LogP contribution in [0.15, 0.2) is 53.5 Å². The van der Waals surface area contributed by atoms with Crippen molar-refractivity contribution >= 4 is 29.2 Å². The highest BCUT2D eigenvalue weighted by Crippen LogP contribution is 2.24. The maximum absolute atomic E-state index is 13.4. The van der Waals surface area contributed by atoms with Gasteiger partial charge >= 0.3 is 5.97 Å². The SMILES string of the molecule is CCCCOC(=O)c1cc(N)cc(-c2cnc(NCCC)c(=O)n2CC(=O)NCc2ccc(C(=N)N)cc2)c1. The van der Waals surface area contributed by atoms with Crippen LogP contribution in [0.1, 0.15) is 54.6 Å². The Morgan fingerprint density at radius 3 is 2.49 bits per heavy atom. The number of nitrogens with one attached hydrogen (secondary N) is 3. The van der Waals surface area contributed by atoms with Crippen LogP contribution < -0.4 is 27.7 Å². The van der Waals surface area contributed by atoms with Gasteiger partial charge in [-0.25, -0.2) is 9.78 Å². The summed E-state index contributed by atoms with van der Waals surface area (Å²) in [6.07, 6.45) is 3.89. The molecule has 0 spiro atoms. The lowest BCUT2D eigenvalue weighted by molar-refractivity contribution is -0.121. The molecule has 39 heavy (non-hydrogen) atoms. The molecule has 0 aliphatic rings. The number of rotatable bonds is 13. The zero-order valence-corrected chi connectivity index (χ0v) is 22.3. The van der Waals surface area contributed by atoms with Crippen LogP contribution in [0, 0.1) is 5.41 Å². The summed E-state index contributed by atoms with van der Waals surface area (Å²) in [5, 5.41) is 13.3. The molecule has 3 rings (SSSR count). The summed E-state index contributed by atoms with van der Waals surface area (Å²) in [7, 11) is 0. The van der Waals surface area contributed by atoms with Crippen molar-refractivity contribution in [3.8, 4) is 11.3 Å². The van der Waals surface area contributed by atoms with E-state index in [0.717, 1.165) is 24.8 Å². The number of carbonyl (C=O) groups excluding carboxylic acids is 2. The van der Waals surface area contributed by atoms with E-state index < -0.39 is 17.4 Å². The number of unbranched alkanes of at least 4 members (excludes halogenated alkanes) is 1. The highest BCUT2D eigenvalue weighted by atomic mass is 16.5. The van der Waals surface area contributed by atoms with Gasteiger partial charge in [0.05, 0.1) is 24.1 Å². The molecule has 0 fully saturated rings. The number of nitrogens with two attached hydrogens (primary N) is 2. The Kier molecular flexibility index (Phi) is 10.2. The molecule has 0 saturated heterocycles. The van der Waals surface area contributed by atoms with E-state index in [1.807, 2.05) is 13.8 Å². The Hall–Kier alpha value is -4.67. The Bertz CT molecular complexity index is 1380. The van der Waals surface area contributed by atoms with Crippen molar-refractivity contribution in [3.05, 3.63) is 75.7 Å². The van der Waals surface area contributed by atoms with E-state index in [9.17, 15) is 14.4 Å². The predicted molar refractivity (Wildman–Crippen MR) is 152 cm³/mol. The van der Waals surface area contributed by atoms with Crippen molar-refractivity contribution in [2.75, 3.05) is 24.2 Å². The Labute approximate surface area is 227 Å². The number of amidine groups is 1. The molecule has 0 aliphatic heterocycles. The summed E-state index contributed by atoms with van der Waals surface area (Å²) in [5.41, 5.74) is 13.8. The fraction of sp³-hybridized carbons (Fsp3) is 0.321. The second-order valence-corrected chi connectivity index (χ2v) is 9.03. The number of carbonyl (C=O) groups is 2. The smallest absolute Gasteiger partial charge is 0.338 e. The van der Waals surface area contributed by atoms with Crippen molar-refractivity contribution < 1.29 is 14.3 Å². The molecule has 11 heteroatoms. The lowest BCUT2D eigenvalue weighted by atomic mass is 10.1. The van der Waals surface area contributed by atoms with Gasteiger partial charge in [-0.2, -0.15) is 0 Å². The minimum atomic E-state index is -0.520. The summed E-state index contributed by atoms with van der Waals surface area (Å²) in [6, 6.07) is 11.6. The molecule has 11 nitrogen and oxygen atoms in total. The number of esters is 1. The normalized spacial score (nSPS) is 10.6. The van der Waals surface area contributed by atoms with Crippen molar-refractivity contribution in [1.29, 1.82) is 5.41 Å². The lowest BCUT2D eigenvalue weighted by Crippen LogP contribution is -2.34.